The first-order valence-corrected chi connectivity index (χ1v) is 8.15. The van der Waals surface area contributed by atoms with Crippen LogP contribution in [0.5, 0.6) is 0 Å². The third-order valence-electron chi connectivity index (χ3n) is 3.45. The van der Waals surface area contributed by atoms with Crippen LogP contribution in [0.25, 0.3) is 17.0 Å². The smallest absolute Gasteiger partial charge is 0.244 e. The van der Waals surface area contributed by atoms with Crippen molar-refractivity contribution in [1.82, 2.24) is 5.32 Å². The van der Waals surface area contributed by atoms with Crippen molar-refractivity contribution in [2.45, 2.75) is 6.10 Å². The molecule has 4 nitrogen and oxygen atoms in total. The van der Waals surface area contributed by atoms with Gasteiger partial charge in [0, 0.05) is 23.4 Å². The summed E-state index contributed by atoms with van der Waals surface area (Å²) >= 11 is 1.59. The Morgan fingerprint density at radius 3 is 2.96 bits per heavy atom. The summed E-state index contributed by atoms with van der Waals surface area (Å²) in [6, 6.07) is 13.6. The minimum Gasteiger partial charge on any atom is -0.458 e. The molecule has 0 aliphatic carbocycles. The molecule has 0 aliphatic rings. The summed E-state index contributed by atoms with van der Waals surface area (Å²) in [6.45, 7) is 0.351. The van der Waals surface area contributed by atoms with Crippen LogP contribution in [0.3, 0.4) is 0 Å². The second-order valence-electron chi connectivity index (χ2n) is 5.00. The van der Waals surface area contributed by atoms with Crippen LogP contribution in [0, 0.1) is 0 Å². The fourth-order valence-corrected chi connectivity index (χ4v) is 2.88. The monoisotopic (exact) mass is 327 g/mol. The highest BCUT2D eigenvalue weighted by atomic mass is 32.1. The van der Waals surface area contributed by atoms with Crippen LogP contribution in [0.15, 0.2) is 58.3 Å². The zero-order chi connectivity index (χ0) is 16.1. The average molecular weight is 327 g/mol. The maximum Gasteiger partial charge on any atom is 0.244 e. The van der Waals surface area contributed by atoms with E-state index in [1.165, 1.54) is 6.08 Å². The molecule has 0 saturated carbocycles. The largest absolute Gasteiger partial charge is 0.458 e. The molecule has 1 aromatic carbocycles. The number of amides is 1. The molecule has 0 saturated heterocycles. The molecule has 118 valence electrons. The molecule has 0 aliphatic heterocycles. The molecule has 1 atom stereocenters. The van der Waals surface area contributed by atoms with Gasteiger partial charge in [-0.05, 0) is 29.7 Å². The number of para-hydroxylation sites is 1. The normalized spacial score (nSPS) is 12.7. The first kappa shape index (κ1) is 15.5. The zero-order valence-electron chi connectivity index (χ0n) is 12.7. The lowest BCUT2D eigenvalue weighted by atomic mass is 10.2. The number of thiophene rings is 1. The van der Waals surface area contributed by atoms with Crippen molar-refractivity contribution in [2.24, 2.45) is 0 Å². The van der Waals surface area contributed by atoms with Gasteiger partial charge in [0.15, 0.2) is 0 Å². The van der Waals surface area contributed by atoms with Gasteiger partial charge in [-0.3, -0.25) is 4.79 Å². The number of methoxy groups -OCH3 is 1. The summed E-state index contributed by atoms with van der Waals surface area (Å²) in [5, 5.41) is 5.83. The minimum absolute atomic E-state index is 0.156. The topological polar surface area (TPSA) is 51.5 Å². The van der Waals surface area contributed by atoms with Crippen molar-refractivity contribution < 1.29 is 13.9 Å². The Kier molecular flexibility index (Phi) is 4.90. The lowest BCUT2D eigenvalue weighted by Gasteiger charge is -2.12. The fourth-order valence-electron chi connectivity index (χ4n) is 2.26. The van der Waals surface area contributed by atoms with E-state index in [2.05, 4.69) is 5.32 Å². The number of nitrogens with one attached hydrogen (secondary N) is 1. The SMILES string of the molecule is COC(CNC(=O)C=Cc1cccs1)c1cc2ccccc2o1. The van der Waals surface area contributed by atoms with E-state index in [9.17, 15) is 4.79 Å². The number of furan rings is 1. The van der Waals surface area contributed by atoms with Gasteiger partial charge >= 0.3 is 0 Å². The molecule has 1 amide bonds. The Morgan fingerprint density at radius 1 is 1.35 bits per heavy atom. The second-order valence-corrected chi connectivity index (χ2v) is 5.98. The van der Waals surface area contributed by atoms with Crippen LogP contribution >= 0.6 is 11.3 Å². The van der Waals surface area contributed by atoms with Crippen molar-refractivity contribution in [3.8, 4) is 0 Å². The Labute approximate surface area is 138 Å². The van der Waals surface area contributed by atoms with Crippen LogP contribution in [0.4, 0.5) is 0 Å². The van der Waals surface area contributed by atoms with Crippen LogP contribution in [0.2, 0.25) is 0 Å². The highest BCUT2D eigenvalue weighted by Gasteiger charge is 2.16. The summed E-state index contributed by atoms with van der Waals surface area (Å²) in [7, 11) is 1.60. The first-order chi connectivity index (χ1) is 11.3. The van der Waals surface area contributed by atoms with E-state index in [4.69, 9.17) is 9.15 Å². The van der Waals surface area contributed by atoms with E-state index in [0.717, 1.165) is 15.8 Å². The summed E-state index contributed by atoms with van der Waals surface area (Å²) < 4.78 is 11.2. The van der Waals surface area contributed by atoms with Gasteiger partial charge in [0.1, 0.15) is 17.4 Å². The number of fused-ring (bicyclic) bond motifs is 1. The number of rotatable bonds is 6. The van der Waals surface area contributed by atoms with Crippen LogP contribution in [-0.4, -0.2) is 19.6 Å². The summed E-state index contributed by atoms with van der Waals surface area (Å²) in [5.74, 6) is 0.549. The maximum absolute atomic E-state index is 11.9. The van der Waals surface area contributed by atoms with Gasteiger partial charge in [-0.15, -0.1) is 11.3 Å². The van der Waals surface area contributed by atoms with E-state index >= 15 is 0 Å². The predicted octanol–water partition coefficient (Wildman–Crippen LogP) is 4.01. The Morgan fingerprint density at radius 2 is 2.22 bits per heavy atom. The van der Waals surface area contributed by atoms with Crippen molar-refractivity contribution in [2.75, 3.05) is 13.7 Å². The molecule has 0 radical (unpaired) electrons. The van der Waals surface area contributed by atoms with Crippen molar-refractivity contribution >= 4 is 34.3 Å². The molecule has 0 fully saturated rings. The van der Waals surface area contributed by atoms with Gasteiger partial charge < -0.3 is 14.5 Å². The van der Waals surface area contributed by atoms with E-state index in [0.29, 0.717) is 12.3 Å². The molecule has 1 N–H and O–H groups in total. The molecular weight excluding hydrogens is 310 g/mol. The number of ether oxygens (including phenoxy) is 1. The molecule has 0 bridgehead atoms. The number of hydrogen-bond donors (Lipinski definition) is 1. The van der Waals surface area contributed by atoms with Gasteiger partial charge in [0.25, 0.3) is 0 Å². The molecule has 0 spiro atoms. The Bertz CT molecular complexity index is 772. The van der Waals surface area contributed by atoms with Crippen molar-refractivity contribution in [1.29, 1.82) is 0 Å². The third-order valence-corrected chi connectivity index (χ3v) is 4.29. The summed E-state index contributed by atoms with van der Waals surface area (Å²) in [6.07, 6.45) is 3.00. The van der Waals surface area contributed by atoms with E-state index < -0.39 is 0 Å². The molecule has 23 heavy (non-hydrogen) atoms. The quantitative estimate of drug-likeness (QED) is 0.696. The lowest BCUT2D eigenvalue weighted by Crippen LogP contribution is -2.27. The molecule has 2 heterocycles. The van der Waals surface area contributed by atoms with Crippen molar-refractivity contribution in [3.05, 3.63) is 64.6 Å². The highest BCUT2D eigenvalue weighted by molar-refractivity contribution is 7.10. The number of benzene rings is 1. The number of carbonyl (C=O) groups is 1. The Hall–Kier alpha value is -2.37. The van der Waals surface area contributed by atoms with Crippen LogP contribution < -0.4 is 5.32 Å². The first-order valence-electron chi connectivity index (χ1n) is 7.27. The summed E-state index contributed by atoms with van der Waals surface area (Å²) in [4.78, 5) is 12.9. The lowest BCUT2D eigenvalue weighted by molar-refractivity contribution is -0.117. The average Bonchev–Trinajstić information content (AvgIpc) is 3.22. The van der Waals surface area contributed by atoms with Gasteiger partial charge in [-0.1, -0.05) is 24.3 Å². The molecular formula is C18H17NO3S. The number of carbonyl (C=O) groups excluding carboxylic acids is 1. The number of hydrogen-bond acceptors (Lipinski definition) is 4. The van der Waals surface area contributed by atoms with Gasteiger partial charge in [-0.2, -0.15) is 0 Å². The molecule has 2 aromatic heterocycles. The zero-order valence-corrected chi connectivity index (χ0v) is 13.5. The third kappa shape index (κ3) is 3.88. The second kappa shape index (κ2) is 7.26. The van der Waals surface area contributed by atoms with Crippen molar-refractivity contribution in [3.63, 3.8) is 0 Å². The maximum atomic E-state index is 11.9. The summed E-state index contributed by atoms with van der Waals surface area (Å²) in [5.41, 5.74) is 0.813. The molecule has 3 rings (SSSR count). The van der Waals surface area contributed by atoms with Gasteiger partial charge in [-0.25, -0.2) is 0 Å². The fraction of sp³-hybridized carbons (Fsp3) is 0.167. The minimum atomic E-state index is -0.318. The molecule has 3 aromatic rings. The van der Waals surface area contributed by atoms with Crippen LogP contribution in [-0.2, 0) is 9.53 Å². The highest BCUT2D eigenvalue weighted by Crippen LogP contribution is 2.25. The molecule has 5 heteroatoms. The van der Waals surface area contributed by atoms with Gasteiger partial charge in [0.2, 0.25) is 5.91 Å². The molecule has 1 unspecified atom stereocenters. The van der Waals surface area contributed by atoms with Gasteiger partial charge in [0.05, 0.1) is 6.54 Å². The standard InChI is InChI=1S/C18H17NO3S/c1-21-17(16-11-13-5-2-3-7-15(13)22-16)12-19-18(20)9-8-14-6-4-10-23-14/h2-11,17H,12H2,1H3,(H,19,20). The predicted molar refractivity (Wildman–Crippen MR) is 92.3 cm³/mol. The van der Waals surface area contributed by atoms with E-state index in [1.54, 1.807) is 24.5 Å². The van der Waals surface area contributed by atoms with Crippen LogP contribution in [0.1, 0.15) is 16.7 Å². The van der Waals surface area contributed by atoms with E-state index in [-0.39, 0.29) is 12.0 Å². The Balaban J connectivity index is 1.62. The van der Waals surface area contributed by atoms with E-state index in [1.807, 2.05) is 47.8 Å².